The molecule has 1 heterocycles. The highest BCUT2D eigenvalue weighted by molar-refractivity contribution is 4.95. The average Bonchev–Trinajstić information content (AvgIpc) is 2.42. The van der Waals surface area contributed by atoms with Crippen molar-refractivity contribution in [2.75, 3.05) is 26.2 Å². The number of piperidine rings is 1. The predicted octanol–water partition coefficient (Wildman–Crippen LogP) is 2.88. The minimum atomic E-state index is -0.127. The molecule has 4 atom stereocenters. The van der Waals surface area contributed by atoms with Gasteiger partial charge in [-0.25, -0.2) is 0 Å². The summed E-state index contributed by atoms with van der Waals surface area (Å²) in [6, 6.07) is 0.627. The Hall–Kier alpha value is -0.120. The van der Waals surface area contributed by atoms with Gasteiger partial charge in [-0.15, -0.1) is 0 Å². The van der Waals surface area contributed by atoms with Crippen molar-refractivity contribution < 1.29 is 5.11 Å². The van der Waals surface area contributed by atoms with Crippen molar-refractivity contribution in [2.24, 2.45) is 17.3 Å². The molecule has 0 bridgehead atoms. The zero-order chi connectivity index (χ0) is 15.5. The van der Waals surface area contributed by atoms with Crippen LogP contribution in [0.15, 0.2) is 0 Å². The molecular weight excluding hydrogens is 260 g/mol. The molecule has 124 valence electrons. The first-order valence-corrected chi connectivity index (χ1v) is 9.08. The molecule has 2 fully saturated rings. The number of rotatable bonds is 5. The molecule has 0 aromatic carbocycles. The molecular formula is C18H36N2O. The maximum absolute atomic E-state index is 10.1. The van der Waals surface area contributed by atoms with Gasteiger partial charge in [0.2, 0.25) is 0 Å². The molecule has 0 aromatic rings. The van der Waals surface area contributed by atoms with Crippen LogP contribution in [-0.2, 0) is 0 Å². The fourth-order valence-electron chi connectivity index (χ4n) is 4.33. The topological polar surface area (TPSA) is 35.5 Å². The summed E-state index contributed by atoms with van der Waals surface area (Å²) in [6.45, 7) is 13.6. The summed E-state index contributed by atoms with van der Waals surface area (Å²) >= 11 is 0. The Kier molecular flexibility index (Phi) is 6.10. The Labute approximate surface area is 131 Å². The number of hydrogen-bond donors (Lipinski definition) is 2. The number of likely N-dealkylation sites (tertiary alicyclic amines) is 1. The lowest BCUT2D eigenvalue weighted by Gasteiger charge is -2.47. The van der Waals surface area contributed by atoms with E-state index in [0.717, 1.165) is 38.5 Å². The van der Waals surface area contributed by atoms with Crippen molar-refractivity contribution in [3.8, 4) is 0 Å². The van der Waals surface area contributed by atoms with Crippen LogP contribution in [0.3, 0.4) is 0 Å². The highest BCUT2D eigenvalue weighted by Gasteiger charge is 2.39. The van der Waals surface area contributed by atoms with E-state index in [9.17, 15) is 5.11 Å². The molecule has 0 aromatic heterocycles. The van der Waals surface area contributed by atoms with Crippen LogP contribution in [0.2, 0.25) is 0 Å². The second kappa shape index (κ2) is 7.43. The highest BCUT2D eigenvalue weighted by Crippen LogP contribution is 2.39. The van der Waals surface area contributed by atoms with Gasteiger partial charge in [0.15, 0.2) is 0 Å². The Bertz CT molecular complexity index is 318. The van der Waals surface area contributed by atoms with Crippen molar-refractivity contribution in [3.05, 3.63) is 0 Å². The van der Waals surface area contributed by atoms with Crippen LogP contribution >= 0.6 is 0 Å². The van der Waals surface area contributed by atoms with Crippen molar-refractivity contribution in [2.45, 2.75) is 71.9 Å². The lowest BCUT2D eigenvalue weighted by molar-refractivity contribution is 0.00687. The summed E-state index contributed by atoms with van der Waals surface area (Å²) in [5.74, 6) is 1.21. The maximum Gasteiger partial charge on any atom is 0.0693 e. The zero-order valence-electron chi connectivity index (χ0n) is 14.6. The molecule has 0 amide bonds. The van der Waals surface area contributed by atoms with E-state index < -0.39 is 0 Å². The fraction of sp³-hybridized carbons (Fsp3) is 1.00. The maximum atomic E-state index is 10.1. The van der Waals surface area contributed by atoms with E-state index in [1.165, 1.54) is 25.7 Å². The summed E-state index contributed by atoms with van der Waals surface area (Å²) in [5, 5.41) is 14.0. The molecule has 0 spiro atoms. The van der Waals surface area contributed by atoms with E-state index in [-0.39, 0.29) is 6.10 Å². The van der Waals surface area contributed by atoms with Gasteiger partial charge in [0.05, 0.1) is 6.10 Å². The van der Waals surface area contributed by atoms with Gasteiger partial charge in [-0.2, -0.15) is 0 Å². The van der Waals surface area contributed by atoms with Gasteiger partial charge in [-0.3, -0.25) is 0 Å². The van der Waals surface area contributed by atoms with Crippen LogP contribution in [-0.4, -0.2) is 48.3 Å². The third-order valence-corrected chi connectivity index (χ3v) is 5.82. The normalized spacial score (nSPS) is 37.6. The van der Waals surface area contributed by atoms with Gasteiger partial charge in [-0.05, 0) is 56.0 Å². The van der Waals surface area contributed by atoms with E-state index in [2.05, 4.69) is 37.9 Å². The number of hydrogen-bond acceptors (Lipinski definition) is 3. The van der Waals surface area contributed by atoms with Gasteiger partial charge in [0, 0.05) is 19.1 Å². The molecule has 1 saturated heterocycles. The van der Waals surface area contributed by atoms with E-state index in [1.54, 1.807) is 0 Å². The lowest BCUT2D eigenvalue weighted by Crippen LogP contribution is -2.54. The summed E-state index contributed by atoms with van der Waals surface area (Å²) in [7, 11) is 0. The Balaban J connectivity index is 1.95. The largest absolute Gasteiger partial charge is 0.392 e. The van der Waals surface area contributed by atoms with Gasteiger partial charge >= 0.3 is 0 Å². The first-order valence-electron chi connectivity index (χ1n) is 9.08. The van der Waals surface area contributed by atoms with Crippen LogP contribution in [0.25, 0.3) is 0 Å². The highest BCUT2D eigenvalue weighted by atomic mass is 16.3. The van der Waals surface area contributed by atoms with Gasteiger partial charge in [-0.1, -0.05) is 34.1 Å². The molecule has 4 unspecified atom stereocenters. The molecule has 2 N–H and O–H groups in total. The molecule has 1 saturated carbocycles. The molecule has 3 heteroatoms. The molecule has 2 aliphatic rings. The summed E-state index contributed by atoms with van der Waals surface area (Å²) < 4.78 is 0. The Morgan fingerprint density at radius 1 is 1.29 bits per heavy atom. The van der Waals surface area contributed by atoms with Crippen LogP contribution in [0.1, 0.15) is 59.8 Å². The number of aliphatic hydroxyl groups excluding tert-OH is 1. The second-order valence-corrected chi connectivity index (χ2v) is 8.17. The van der Waals surface area contributed by atoms with E-state index >= 15 is 0 Å². The van der Waals surface area contributed by atoms with E-state index in [1.807, 2.05) is 0 Å². The SMILES string of the molecule is CCCNC1C(CN2CCC(C)C(O)C2)CCCC1(C)C. The minimum absolute atomic E-state index is 0.127. The van der Waals surface area contributed by atoms with Gasteiger partial charge in [0.1, 0.15) is 0 Å². The Morgan fingerprint density at radius 3 is 2.71 bits per heavy atom. The molecule has 2 rings (SSSR count). The van der Waals surface area contributed by atoms with Crippen molar-refractivity contribution in [1.82, 2.24) is 10.2 Å². The molecule has 21 heavy (non-hydrogen) atoms. The first-order chi connectivity index (χ1) is 9.94. The van der Waals surface area contributed by atoms with Crippen LogP contribution in [0, 0.1) is 17.3 Å². The summed E-state index contributed by atoms with van der Waals surface area (Å²) in [6.07, 6.45) is 6.26. The first kappa shape index (κ1) is 17.2. The van der Waals surface area contributed by atoms with Crippen molar-refractivity contribution in [1.29, 1.82) is 0 Å². The summed E-state index contributed by atoms with van der Waals surface area (Å²) in [4.78, 5) is 2.51. The van der Waals surface area contributed by atoms with Crippen LogP contribution < -0.4 is 5.32 Å². The molecule has 1 aliphatic heterocycles. The third kappa shape index (κ3) is 4.43. The lowest BCUT2D eigenvalue weighted by atomic mass is 9.67. The van der Waals surface area contributed by atoms with Gasteiger partial charge in [0.25, 0.3) is 0 Å². The quantitative estimate of drug-likeness (QED) is 0.819. The van der Waals surface area contributed by atoms with Crippen LogP contribution in [0.4, 0.5) is 0 Å². The summed E-state index contributed by atoms with van der Waals surface area (Å²) in [5.41, 5.74) is 0.403. The molecule has 3 nitrogen and oxygen atoms in total. The van der Waals surface area contributed by atoms with Crippen LogP contribution in [0.5, 0.6) is 0 Å². The standard InChI is InChI=1S/C18H36N2O/c1-5-10-19-17-15(7-6-9-18(17,3)4)12-20-11-8-14(2)16(21)13-20/h14-17,19,21H,5-13H2,1-4H3. The predicted molar refractivity (Wildman–Crippen MR) is 89.4 cm³/mol. The number of β-amino-alcohol motifs (C(OH)–C–C–N with tert-alkyl or cyclic N) is 1. The van der Waals surface area contributed by atoms with E-state index in [0.29, 0.717) is 17.4 Å². The Morgan fingerprint density at radius 2 is 2.05 bits per heavy atom. The molecule has 1 aliphatic carbocycles. The average molecular weight is 296 g/mol. The number of nitrogens with zero attached hydrogens (tertiary/aromatic N) is 1. The van der Waals surface area contributed by atoms with E-state index in [4.69, 9.17) is 0 Å². The number of aliphatic hydroxyl groups is 1. The van der Waals surface area contributed by atoms with Crippen molar-refractivity contribution >= 4 is 0 Å². The molecule has 0 radical (unpaired) electrons. The van der Waals surface area contributed by atoms with Gasteiger partial charge < -0.3 is 15.3 Å². The number of nitrogens with one attached hydrogen (secondary N) is 1. The third-order valence-electron chi connectivity index (χ3n) is 5.82. The second-order valence-electron chi connectivity index (χ2n) is 8.17. The zero-order valence-corrected chi connectivity index (χ0v) is 14.6. The monoisotopic (exact) mass is 296 g/mol. The van der Waals surface area contributed by atoms with Crippen molar-refractivity contribution in [3.63, 3.8) is 0 Å². The fourth-order valence-corrected chi connectivity index (χ4v) is 4.33. The minimum Gasteiger partial charge on any atom is -0.392 e. The smallest absolute Gasteiger partial charge is 0.0693 e.